The van der Waals surface area contributed by atoms with E-state index in [-0.39, 0.29) is 0 Å². The van der Waals surface area contributed by atoms with Gasteiger partial charge in [0.15, 0.2) is 0 Å². The van der Waals surface area contributed by atoms with Gasteiger partial charge in [0.1, 0.15) is 0 Å². The Morgan fingerprint density at radius 1 is 1.12 bits per heavy atom. The largest absolute Gasteiger partial charge is 0.389 e. The summed E-state index contributed by atoms with van der Waals surface area (Å²) < 4.78 is 1.96. The molecule has 0 radical (unpaired) electrons. The molecule has 1 aromatic carbocycles. The third kappa shape index (κ3) is 4.98. The van der Waals surface area contributed by atoms with Gasteiger partial charge >= 0.3 is 0 Å². The predicted molar refractivity (Wildman–Crippen MR) is 99.0 cm³/mol. The number of pyridine rings is 1. The average Bonchev–Trinajstić information content (AvgIpc) is 2.98. The molecule has 0 atom stereocenters. The maximum Gasteiger partial charge on any atom is 0.0983 e. The maximum absolute atomic E-state index is 9.89. The number of aliphatic hydroxyl groups is 1. The minimum absolute atomic E-state index is 0.517. The summed E-state index contributed by atoms with van der Waals surface area (Å²) in [6, 6.07) is 14.2. The van der Waals surface area contributed by atoms with Gasteiger partial charge in [0.2, 0.25) is 0 Å². The lowest BCUT2D eigenvalue weighted by Crippen LogP contribution is -2.34. The summed E-state index contributed by atoms with van der Waals surface area (Å²) in [5.74, 6) is 0. The van der Waals surface area contributed by atoms with Crippen LogP contribution in [0.2, 0.25) is 0 Å². The summed E-state index contributed by atoms with van der Waals surface area (Å²) in [5.41, 5.74) is 3.47. The standard InChI is InChI=1S/C20H24N4O/c1-20(2,25)15-22-12-18-14-24(13-16-7-4-3-5-8-16)23-19(18)17-9-6-10-21-11-17/h3-11,14,22,25H,12-13,15H2,1-2H3. The zero-order chi connectivity index (χ0) is 17.7. The third-order valence-electron chi connectivity index (χ3n) is 3.83. The van der Waals surface area contributed by atoms with Crippen molar-refractivity contribution in [3.05, 3.63) is 72.2 Å². The summed E-state index contributed by atoms with van der Waals surface area (Å²) in [4.78, 5) is 4.21. The summed E-state index contributed by atoms with van der Waals surface area (Å²) in [6.45, 7) is 5.47. The number of nitrogens with one attached hydrogen (secondary N) is 1. The molecule has 3 rings (SSSR count). The molecule has 0 saturated carbocycles. The molecule has 0 bridgehead atoms. The first-order valence-electron chi connectivity index (χ1n) is 8.45. The van der Waals surface area contributed by atoms with E-state index in [1.54, 1.807) is 20.0 Å². The number of nitrogens with zero attached hydrogens (tertiary/aromatic N) is 3. The third-order valence-corrected chi connectivity index (χ3v) is 3.83. The van der Waals surface area contributed by atoms with E-state index in [4.69, 9.17) is 5.10 Å². The average molecular weight is 336 g/mol. The van der Waals surface area contributed by atoms with Gasteiger partial charge in [0.05, 0.1) is 17.8 Å². The van der Waals surface area contributed by atoms with Crippen molar-refractivity contribution in [3.63, 3.8) is 0 Å². The second-order valence-corrected chi connectivity index (χ2v) is 6.84. The summed E-state index contributed by atoms with van der Waals surface area (Å²) >= 11 is 0. The molecule has 2 N–H and O–H groups in total. The first kappa shape index (κ1) is 17.3. The van der Waals surface area contributed by atoms with Crippen LogP contribution in [0.15, 0.2) is 61.1 Å². The van der Waals surface area contributed by atoms with Gasteiger partial charge in [-0.2, -0.15) is 5.10 Å². The molecule has 130 valence electrons. The predicted octanol–water partition coefficient (Wildman–Crippen LogP) is 2.85. The molecule has 5 nitrogen and oxygen atoms in total. The highest BCUT2D eigenvalue weighted by atomic mass is 16.3. The lowest BCUT2D eigenvalue weighted by Gasteiger charge is -2.17. The Kier molecular flexibility index (Phi) is 5.26. The molecule has 0 fully saturated rings. The van der Waals surface area contributed by atoms with E-state index in [9.17, 15) is 5.11 Å². The second kappa shape index (κ2) is 7.59. The fourth-order valence-electron chi connectivity index (χ4n) is 2.69. The van der Waals surface area contributed by atoms with Crippen LogP contribution in [0.1, 0.15) is 25.0 Å². The van der Waals surface area contributed by atoms with Gasteiger partial charge in [-0.05, 0) is 31.5 Å². The lowest BCUT2D eigenvalue weighted by molar-refractivity contribution is 0.0795. The normalized spacial score (nSPS) is 11.6. The van der Waals surface area contributed by atoms with Crippen molar-refractivity contribution in [2.24, 2.45) is 0 Å². The van der Waals surface area contributed by atoms with Crippen LogP contribution in [0, 0.1) is 0 Å². The molecular formula is C20H24N4O. The van der Waals surface area contributed by atoms with E-state index in [2.05, 4.69) is 28.6 Å². The molecule has 0 spiro atoms. The van der Waals surface area contributed by atoms with Crippen molar-refractivity contribution in [1.29, 1.82) is 0 Å². The Morgan fingerprint density at radius 3 is 2.60 bits per heavy atom. The van der Waals surface area contributed by atoms with Crippen LogP contribution in [-0.2, 0) is 13.1 Å². The molecule has 0 amide bonds. The number of hydrogen-bond donors (Lipinski definition) is 2. The van der Waals surface area contributed by atoms with E-state index >= 15 is 0 Å². The summed E-state index contributed by atoms with van der Waals surface area (Å²) in [6.07, 6.45) is 5.65. The van der Waals surface area contributed by atoms with Gasteiger partial charge in [0, 0.05) is 42.8 Å². The van der Waals surface area contributed by atoms with Gasteiger partial charge in [0.25, 0.3) is 0 Å². The SMILES string of the molecule is CC(C)(O)CNCc1cn(Cc2ccccc2)nc1-c1cccnc1. The number of hydrogen-bond acceptors (Lipinski definition) is 4. The smallest absolute Gasteiger partial charge is 0.0983 e. The highest BCUT2D eigenvalue weighted by Gasteiger charge is 2.15. The number of aromatic nitrogens is 3. The van der Waals surface area contributed by atoms with Crippen molar-refractivity contribution in [2.75, 3.05) is 6.54 Å². The molecule has 25 heavy (non-hydrogen) atoms. The first-order chi connectivity index (χ1) is 12.0. The van der Waals surface area contributed by atoms with Crippen LogP contribution in [0.5, 0.6) is 0 Å². The molecule has 0 aliphatic rings. The summed E-state index contributed by atoms with van der Waals surface area (Å²) in [5, 5.41) is 18.0. The van der Waals surface area contributed by atoms with E-state index in [0.717, 1.165) is 23.4 Å². The minimum atomic E-state index is -0.742. The van der Waals surface area contributed by atoms with Crippen LogP contribution in [-0.4, -0.2) is 32.0 Å². The molecule has 0 aliphatic heterocycles. The Morgan fingerprint density at radius 2 is 1.92 bits per heavy atom. The highest BCUT2D eigenvalue weighted by molar-refractivity contribution is 5.61. The lowest BCUT2D eigenvalue weighted by atomic mass is 10.1. The van der Waals surface area contributed by atoms with Crippen LogP contribution in [0.25, 0.3) is 11.3 Å². The second-order valence-electron chi connectivity index (χ2n) is 6.84. The van der Waals surface area contributed by atoms with Gasteiger partial charge < -0.3 is 10.4 Å². The quantitative estimate of drug-likeness (QED) is 0.696. The summed E-state index contributed by atoms with van der Waals surface area (Å²) in [7, 11) is 0. The van der Waals surface area contributed by atoms with E-state index < -0.39 is 5.60 Å². The van der Waals surface area contributed by atoms with Gasteiger partial charge in [-0.25, -0.2) is 0 Å². The van der Waals surface area contributed by atoms with E-state index in [1.807, 2.05) is 41.2 Å². The van der Waals surface area contributed by atoms with Crippen molar-refractivity contribution >= 4 is 0 Å². The van der Waals surface area contributed by atoms with Crippen LogP contribution in [0.4, 0.5) is 0 Å². The van der Waals surface area contributed by atoms with Gasteiger partial charge in [-0.3, -0.25) is 9.67 Å². The molecule has 2 heterocycles. The zero-order valence-electron chi connectivity index (χ0n) is 14.7. The zero-order valence-corrected chi connectivity index (χ0v) is 14.7. The monoisotopic (exact) mass is 336 g/mol. The molecule has 0 saturated heterocycles. The van der Waals surface area contributed by atoms with Crippen LogP contribution in [0.3, 0.4) is 0 Å². The van der Waals surface area contributed by atoms with Gasteiger partial charge in [-0.15, -0.1) is 0 Å². The molecule has 0 aliphatic carbocycles. The van der Waals surface area contributed by atoms with E-state index in [0.29, 0.717) is 13.1 Å². The fraction of sp³-hybridized carbons (Fsp3) is 0.300. The van der Waals surface area contributed by atoms with Crippen molar-refractivity contribution in [2.45, 2.75) is 32.5 Å². The minimum Gasteiger partial charge on any atom is -0.389 e. The van der Waals surface area contributed by atoms with Crippen LogP contribution >= 0.6 is 0 Å². The molecule has 0 unspecified atom stereocenters. The van der Waals surface area contributed by atoms with Crippen molar-refractivity contribution in [1.82, 2.24) is 20.1 Å². The Balaban J connectivity index is 1.83. The fourth-order valence-corrected chi connectivity index (χ4v) is 2.69. The Hall–Kier alpha value is -2.50. The Labute approximate surface area is 148 Å². The molecule has 3 aromatic rings. The molecule has 5 heteroatoms. The molecular weight excluding hydrogens is 312 g/mol. The molecule has 2 aromatic heterocycles. The Bertz CT molecular complexity index is 792. The number of rotatable bonds is 7. The first-order valence-corrected chi connectivity index (χ1v) is 8.45. The topological polar surface area (TPSA) is 63.0 Å². The van der Waals surface area contributed by atoms with Crippen LogP contribution < -0.4 is 5.32 Å². The van der Waals surface area contributed by atoms with Crippen molar-refractivity contribution in [3.8, 4) is 11.3 Å². The maximum atomic E-state index is 9.89. The number of benzene rings is 1. The van der Waals surface area contributed by atoms with E-state index in [1.165, 1.54) is 5.56 Å². The van der Waals surface area contributed by atoms with Crippen molar-refractivity contribution < 1.29 is 5.11 Å². The van der Waals surface area contributed by atoms with Gasteiger partial charge in [-0.1, -0.05) is 30.3 Å². The highest BCUT2D eigenvalue weighted by Crippen LogP contribution is 2.21.